The molecule has 11 amide bonds. The van der Waals surface area contributed by atoms with E-state index >= 15 is 0 Å². The molecule has 52 heavy (non-hydrogen) atoms. The molecule has 0 spiro atoms. The van der Waals surface area contributed by atoms with Crippen molar-refractivity contribution < 1.29 is 52.7 Å². The summed E-state index contributed by atoms with van der Waals surface area (Å²) >= 11 is 0. The summed E-state index contributed by atoms with van der Waals surface area (Å²) in [7, 11) is 0. The zero-order chi connectivity index (χ0) is 40.5. The topological polar surface area (TPSA) is 416 Å². The Morgan fingerprint density at radius 1 is 0.442 bits per heavy atom. The molecule has 23 heteroatoms. The Hall–Kier alpha value is -5.87. The molecule has 0 saturated carbocycles. The number of hydrogen-bond acceptors (Lipinski definition) is 12. The van der Waals surface area contributed by atoms with Crippen molar-refractivity contribution >= 4 is 65.0 Å². The molecule has 7 atom stereocenters. The van der Waals surface area contributed by atoms with Gasteiger partial charge in [0.15, 0.2) is 0 Å². The van der Waals surface area contributed by atoms with Gasteiger partial charge in [0.05, 0.1) is 18.9 Å². The number of rotatable bonds is 24. The van der Waals surface area contributed by atoms with E-state index < -0.39 is 126 Å². The molecule has 0 aliphatic carbocycles. The van der Waals surface area contributed by atoms with Crippen LogP contribution in [0.2, 0.25) is 0 Å². The van der Waals surface area contributed by atoms with Crippen molar-refractivity contribution in [3.05, 3.63) is 0 Å². The summed E-state index contributed by atoms with van der Waals surface area (Å²) in [5.74, 6) is -10.8. The van der Waals surface area contributed by atoms with Gasteiger partial charge in [0.2, 0.25) is 65.0 Å². The van der Waals surface area contributed by atoms with Gasteiger partial charge in [-0.15, -0.1) is 0 Å². The molecule has 0 aliphatic rings. The highest BCUT2D eigenvalue weighted by Gasteiger charge is 2.33. The lowest BCUT2D eigenvalue weighted by Gasteiger charge is -2.27. The average molecular weight is 743 g/mol. The molecule has 0 aromatic heterocycles. The minimum Gasteiger partial charge on any atom is -0.370 e. The van der Waals surface area contributed by atoms with Crippen molar-refractivity contribution in [2.45, 2.75) is 109 Å². The lowest BCUT2D eigenvalue weighted by atomic mass is 10.0. The van der Waals surface area contributed by atoms with Crippen LogP contribution in [0.25, 0.3) is 0 Å². The molecule has 0 aromatic carbocycles. The van der Waals surface area contributed by atoms with Crippen LogP contribution in [0.4, 0.5) is 0 Å². The van der Waals surface area contributed by atoms with Crippen LogP contribution in [0, 0.1) is 5.92 Å². The summed E-state index contributed by atoms with van der Waals surface area (Å²) in [5, 5.41) is 13.8. The van der Waals surface area contributed by atoms with Gasteiger partial charge in [-0.1, -0.05) is 13.8 Å². The first-order valence-corrected chi connectivity index (χ1v) is 16.0. The van der Waals surface area contributed by atoms with Crippen LogP contribution in [-0.4, -0.2) is 107 Å². The molecule has 0 saturated heterocycles. The van der Waals surface area contributed by atoms with Gasteiger partial charge in [-0.05, 0) is 32.6 Å². The van der Waals surface area contributed by atoms with Crippen molar-refractivity contribution in [3.63, 3.8) is 0 Å². The molecule has 0 heterocycles. The van der Waals surface area contributed by atoms with Gasteiger partial charge in [-0.25, -0.2) is 0 Å². The molecule has 23 nitrogen and oxygen atoms in total. The Bertz CT molecular complexity index is 1390. The third-order valence-electron chi connectivity index (χ3n) is 7.20. The van der Waals surface area contributed by atoms with Gasteiger partial charge in [0, 0.05) is 12.8 Å². The highest BCUT2D eigenvalue weighted by atomic mass is 16.2. The fraction of sp³-hybridized carbons (Fsp3) is 0.621. The highest BCUT2D eigenvalue weighted by Crippen LogP contribution is 2.07. The summed E-state index contributed by atoms with van der Waals surface area (Å²) in [6.07, 6.45) is -2.41. The second-order valence-electron chi connectivity index (χ2n) is 12.2. The molecule has 0 aliphatic heterocycles. The van der Waals surface area contributed by atoms with E-state index in [9.17, 15) is 52.7 Å². The van der Waals surface area contributed by atoms with Gasteiger partial charge < -0.3 is 66.3 Å². The number of primary amides is 5. The molecule has 0 rings (SSSR count). The fourth-order valence-corrected chi connectivity index (χ4v) is 4.26. The summed E-state index contributed by atoms with van der Waals surface area (Å²) in [4.78, 5) is 134. The van der Waals surface area contributed by atoms with E-state index in [0.29, 0.717) is 0 Å². The number of amides is 11. The number of nitrogens with one attached hydrogen (secondary N) is 6. The lowest BCUT2D eigenvalue weighted by Crippen LogP contribution is -2.60. The van der Waals surface area contributed by atoms with Crippen molar-refractivity contribution in [2.75, 3.05) is 0 Å². The fourth-order valence-electron chi connectivity index (χ4n) is 4.26. The molecule has 0 bridgehead atoms. The van der Waals surface area contributed by atoms with Gasteiger partial charge in [0.25, 0.3) is 0 Å². The maximum Gasteiger partial charge on any atom is 0.243 e. The van der Waals surface area contributed by atoms with E-state index in [1.54, 1.807) is 13.8 Å². The minimum absolute atomic E-state index is 0.206. The minimum atomic E-state index is -1.64. The Morgan fingerprint density at radius 3 is 1.27 bits per heavy atom. The van der Waals surface area contributed by atoms with E-state index in [1.807, 2.05) is 0 Å². The first-order chi connectivity index (χ1) is 24.0. The number of nitrogens with two attached hydrogens (primary N) is 6. The van der Waals surface area contributed by atoms with Gasteiger partial charge in [-0.2, -0.15) is 0 Å². The second kappa shape index (κ2) is 22.1. The molecular formula is C29H50N12O11. The Balaban J connectivity index is 5.71. The van der Waals surface area contributed by atoms with Crippen LogP contribution in [-0.2, 0) is 52.7 Å². The second-order valence-corrected chi connectivity index (χ2v) is 12.2. The maximum absolute atomic E-state index is 13.2. The summed E-state index contributed by atoms with van der Waals surface area (Å²) in [5.41, 5.74) is 31.4. The van der Waals surface area contributed by atoms with Crippen molar-refractivity contribution in [3.8, 4) is 0 Å². The maximum atomic E-state index is 13.2. The third-order valence-corrected chi connectivity index (χ3v) is 7.20. The average Bonchev–Trinajstić information content (AvgIpc) is 3.01. The van der Waals surface area contributed by atoms with Crippen LogP contribution in [0.3, 0.4) is 0 Å². The largest absolute Gasteiger partial charge is 0.370 e. The smallest absolute Gasteiger partial charge is 0.243 e. The van der Waals surface area contributed by atoms with Gasteiger partial charge in [0.1, 0.15) is 36.3 Å². The van der Waals surface area contributed by atoms with Crippen LogP contribution in [0.5, 0.6) is 0 Å². The SMILES string of the molecule is CC(C)[C@H](NC(=O)[C@H](CCC(N)=O)NC(=O)[C@@H](N)CC(N)=O)C(=O)N[C@@H](C)C(=O)N[C@@H](CC(N)=O)C(=O)N[C@@H](C)C(=O)N[C@@H](CCC(N)=O)C(N)=O. The molecule has 18 N–H and O–H groups in total. The zero-order valence-electron chi connectivity index (χ0n) is 29.3. The van der Waals surface area contributed by atoms with E-state index in [2.05, 4.69) is 31.9 Å². The number of carbonyl (C=O) groups excluding carboxylic acids is 11. The van der Waals surface area contributed by atoms with Crippen molar-refractivity contribution in [1.29, 1.82) is 0 Å². The van der Waals surface area contributed by atoms with Crippen LogP contribution in [0.15, 0.2) is 0 Å². The standard InChI is InChI=1S/C29H50N12O11/c1-11(2)22(41-27(50)16(6-8-19(32)43)39-26(49)14(30)9-20(33)44)29(52)37-13(4)25(48)40-17(10-21(34)45)28(51)36-12(3)24(47)38-15(23(35)46)5-7-18(31)42/h11-17,22H,5-10,30H2,1-4H3,(H2,31,42)(H2,32,43)(H2,33,44)(H2,34,45)(H2,35,46)(H,36,51)(H,37,52)(H,38,47)(H,39,49)(H,40,48)(H,41,50)/t12-,13-,14-,15-,16-,17-,22-/m0/s1. The Morgan fingerprint density at radius 2 is 0.846 bits per heavy atom. The monoisotopic (exact) mass is 742 g/mol. The van der Waals surface area contributed by atoms with E-state index in [0.717, 1.165) is 0 Å². The first-order valence-electron chi connectivity index (χ1n) is 16.0. The number of hydrogen-bond donors (Lipinski definition) is 12. The lowest BCUT2D eigenvalue weighted by molar-refractivity contribution is -0.136. The quantitative estimate of drug-likeness (QED) is 0.0439. The summed E-state index contributed by atoms with van der Waals surface area (Å²) < 4.78 is 0. The third kappa shape index (κ3) is 17.7. The van der Waals surface area contributed by atoms with Crippen LogP contribution in [0.1, 0.15) is 66.2 Å². The van der Waals surface area contributed by atoms with E-state index in [4.69, 9.17) is 34.4 Å². The molecule has 0 fully saturated rings. The Labute approximate surface area is 298 Å². The predicted molar refractivity (Wildman–Crippen MR) is 179 cm³/mol. The van der Waals surface area contributed by atoms with Gasteiger partial charge >= 0.3 is 0 Å². The molecule has 0 unspecified atom stereocenters. The van der Waals surface area contributed by atoms with Crippen LogP contribution < -0.4 is 66.3 Å². The normalized spacial score (nSPS) is 14.8. The summed E-state index contributed by atoms with van der Waals surface area (Å²) in [6, 6.07) is -9.85. The van der Waals surface area contributed by atoms with Gasteiger partial charge in [-0.3, -0.25) is 52.7 Å². The molecule has 292 valence electrons. The van der Waals surface area contributed by atoms with Crippen LogP contribution >= 0.6 is 0 Å². The van der Waals surface area contributed by atoms with Crippen molar-refractivity contribution in [2.24, 2.45) is 40.3 Å². The zero-order valence-corrected chi connectivity index (χ0v) is 29.3. The predicted octanol–water partition coefficient (Wildman–Crippen LogP) is -7.31. The molecule has 0 aromatic rings. The highest BCUT2D eigenvalue weighted by molar-refractivity contribution is 5.98. The molecule has 0 radical (unpaired) electrons. The molecular weight excluding hydrogens is 692 g/mol. The Kier molecular flexibility index (Phi) is 19.6. The van der Waals surface area contributed by atoms with E-state index in [1.165, 1.54) is 13.8 Å². The van der Waals surface area contributed by atoms with E-state index in [-0.39, 0.29) is 25.7 Å². The first kappa shape index (κ1) is 46.1. The number of carbonyl (C=O) groups is 11. The summed E-state index contributed by atoms with van der Waals surface area (Å²) in [6.45, 7) is 5.52. The van der Waals surface area contributed by atoms with Crippen molar-refractivity contribution in [1.82, 2.24) is 31.9 Å².